The largest absolute Gasteiger partial charge is 0.418 e. The predicted octanol–water partition coefficient (Wildman–Crippen LogP) is 5.09. The van der Waals surface area contributed by atoms with E-state index in [4.69, 9.17) is 0 Å². The van der Waals surface area contributed by atoms with Crippen molar-refractivity contribution in [3.05, 3.63) is 53.6 Å². The molecule has 28 heavy (non-hydrogen) atoms. The SMILES string of the molecule is CNc1ccc(C(F)(F)F)c(N2CCN(c3cccc(C(F)(F)F)c3)CC2)c1. The van der Waals surface area contributed by atoms with Crippen molar-refractivity contribution in [3.8, 4) is 0 Å². The Kier molecular flexibility index (Phi) is 5.36. The molecule has 1 heterocycles. The zero-order valence-corrected chi connectivity index (χ0v) is 15.0. The molecule has 152 valence electrons. The maximum atomic E-state index is 13.4. The van der Waals surface area contributed by atoms with Crippen LogP contribution in [0.15, 0.2) is 42.5 Å². The minimum atomic E-state index is -4.49. The van der Waals surface area contributed by atoms with Crippen LogP contribution in [0.3, 0.4) is 0 Å². The van der Waals surface area contributed by atoms with Crippen molar-refractivity contribution in [1.82, 2.24) is 0 Å². The van der Waals surface area contributed by atoms with Crippen LogP contribution in [0.4, 0.5) is 43.4 Å². The highest BCUT2D eigenvalue weighted by molar-refractivity contribution is 5.64. The molecule has 1 N–H and O–H groups in total. The summed E-state index contributed by atoms with van der Waals surface area (Å²) in [5, 5.41) is 2.83. The molecule has 0 unspecified atom stereocenters. The summed E-state index contributed by atoms with van der Waals surface area (Å²) >= 11 is 0. The highest BCUT2D eigenvalue weighted by Crippen LogP contribution is 2.39. The molecule has 2 aromatic carbocycles. The summed E-state index contributed by atoms with van der Waals surface area (Å²) in [6.45, 7) is 1.18. The number of hydrogen-bond donors (Lipinski definition) is 1. The molecule has 0 bridgehead atoms. The van der Waals surface area contributed by atoms with Crippen LogP contribution >= 0.6 is 0 Å². The van der Waals surface area contributed by atoms with Crippen molar-refractivity contribution in [2.75, 3.05) is 48.3 Å². The summed E-state index contributed by atoms with van der Waals surface area (Å²) in [5.41, 5.74) is -0.423. The third kappa shape index (κ3) is 4.28. The number of piperazine rings is 1. The molecule has 1 fully saturated rings. The molecule has 0 amide bonds. The van der Waals surface area contributed by atoms with Crippen LogP contribution in [0.2, 0.25) is 0 Å². The maximum absolute atomic E-state index is 13.4. The van der Waals surface area contributed by atoms with Gasteiger partial charge < -0.3 is 15.1 Å². The summed E-state index contributed by atoms with van der Waals surface area (Å²) in [5.74, 6) is 0. The first-order chi connectivity index (χ1) is 13.1. The molecule has 1 aliphatic heterocycles. The van der Waals surface area contributed by atoms with Crippen molar-refractivity contribution in [2.45, 2.75) is 12.4 Å². The average Bonchev–Trinajstić information content (AvgIpc) is 2.66. The predicted molar refractivity (Wildman–Crippen MR) is 96.9 cm³/mol. The lowest BCUT2D eigenvalue weighted by Gasteiger charge is -2.38. The van der Waals surface area contributed by atoms with Gasteiger partial charge in [-0.25, -0.2) is 0 Å². The van der Waals surface area contributed by atoms with Gasteiger partial charge in [-0.2, -0.15) is 26.3 Å². The molecule has 0 atom stereocenters. The molecule has 9 heteroatoms. The molecule has 1 saturated heterocycles. The number of anilines is 3. The zero-order valence-electron chi connectivity index (χ0n) is 15.0. The first kappa shape index (κ1) is 20.2. The second-order valence-corrected chi connectivity index (χ2v) is 6.50. The number of rotatable bonds is 3. The van der Waals surface area contributed by atoms with Crippen LogP contribution in [0.5, 0.6) is 0 Å². The second kappa shape index (κ2) is 7.44. The molecule has 2 aromatic rings. The first-order valence-electron chi connectivity index (χ1n) is 8.66. The Morgan fingerprint density at radius 2 is 1.43 bits per heavy atom. The highest BCUT2D eigenvalue weighted by atomic mass is 19.4. The Hall–Kier alpha value is -2.58. The first-order valence-corrected chi connectivity index (χ1v) is 8.66. The molecular weight excluding hydrogens is 384 g/mol. The number of hydrogen-bond acceptors (Lipinski definition) is 3. The van der Waals surface area contributed by atoms with E-state index >= 15 is 0 Å². The minimum Gasteiger partial charge on any atom is -0.388 e. The van der Waals surface area contributed by atoms with Gasteiger partial charge in [-0.3, -0.25) is 0 Å². The fourth-order valence-corrected chi connectivity index (χ4v) is 3.27. The van der Waals surface area contributed by atoms with E-state index in [-0.39, 0.29) is 18.8 Å². The minimum absolute atomic E-state index is 0.0723. The molecule has 0 aromatic heterocycles. The maximum Gasteiger partial charge on any atom is 0.418 e. The third-order valence-corrected chi connectivity index (χ3v) is 4.75. The van der Waals surface area contributed by atoms with Crippen molar-refractivity contribution < 1.29 is 26.3 Å². The molecule has 0 spiro atoms. The Morgan fingerprint density at radius 3 is 2.00 bits per heavy atom. The van der Waals surface area contributed by atoms with Crippen LogP contribution in [0.25, 0.3) is 0 Å². The quantitative estimate of drug-likeness (QED) is 0.720. The van der Waals surface area contributed by atoms with Crippen LogP contribution in [-0.4, -0.2) is 33.2 Å². The molecule has 1 aliphatic rings. The Balaban J connectivity index is 1.79. The molecule has 0 saturated carbocycles. The van der Waals surface area contributed by atoms with Crippen molar-refractivity contribution in [1.29, 1.82) is 0 Å². The number of nitrogens with zero attached hydrogens (tertiary/aromatic N) is 2. The van der Waals surface area contributed by atoms with Crippen molar-refractivity contribution in [3.63, 3.8) is 0 Å². The molecule has 3 nitrogen and oxygen atoms in total. The fraction of sp³-hybridized carbons (Fsp3) is 0.368. The summed E-state index contributed by atoms with van der Waals surface area (Å²) in [6, 6.07) is 8.84. The fourth-order valence-electron chi connectivity index (χ4n) is 3.27. The van der Waals surface area contributed by atoms with Crippen molar-refractivity contribution in [2.24, 2.45) is 0 Å². The molecule has 3 rings (SSSR count). The summed E-state index contributed by atoms with van der Waals surface area (Å²) in [4.78, 5) is 3.37. The van der Waals surface area contributed by atoms with Gasteiger partial charge in [0.2, 0.25) is 0 Å². The van der Waals surface area contributed by atoms with Crippen LogP contribution in [-0.2, 0) is 12.4 Å². The highest BCUT2D eigenvalue weighted by Gasteiger charge is 2.36. The van der Waals surface area contributed by atoms with E-state index < -0.39 is 23.5 Å². The second-order valence-electron chi connectivity index (χ2n) is 6.50. The summed E-state index contributed by atoms with van der Waals surface area (Å²) < 4.78 is 78.8. The van der Waals surface area contributed by atoms with E-state index in [1.807, 2.05) is 0 Å². The smallest absolute Gasteiger partial charge is 0.388 e. The number of alkyl halides is 6. The van der Waals surface area contributed by atoms with E-state index in [0.717, 1.165) is 18.2 Å². The van der Waals surface area contributed by atoms with Crippen LogP contribution in [0, 0.1) is 0 Å². The van der Waals surface area contributed by atoms with Gasteiger partial charge in [0.05, 0.1) is 16.8 Å². The van der Waals surface area contributed by atoms with E-state index in [9.17, 15) is 26.3 Å². The third-order valence-electron chi connectivity index (χ3n) is 4.75. The lowest BCUT2D eigenvalue weighted by molar-refractivity contribution is -0.138. The molecule has 0 aliphatic carbocycles. The Bertz CT molecular complexity index is 823. The van der Waals surface area contributed by atoms with Gasteiger partial charge in [0.1, 0.15) is 0 Å². The lowest BCUT2D eigenvalue weighted by atomic mass is 10.1. The van der Waals surface area contributed by atoms with Gasteiger partial charge in [0.15, 0.2) is 0 Å². The van der Waals surface area contributed by atoms with Gasteiger partial charge in [-0.15, -0.1) is 0 Å². The normalized spacial score (nSPS) is 15.7. The topological polar surface area (TPSA) is 18.5 Å². The average molecular weight is 403 g/mol. The zero-order chi connectivity index (χ0) is 20.5. The van der Waals surface area contributed by atoms with Gasteiger partial charge in [0, 0.05) is 44.6 Å². The summed E-state index contributed by atoms with van der Waals surface area (Å²) in [7, 11) is 1.62. The van der Waals surface area contributed by atoms with Crippen molar-refractivity contribution >= 4 is 17.1 Å². The van der Waals surface area contributed by atoms with Crippen LogP contribution in [0.1, 0.15) is 11.1 Å². The lowest BCUT2D eigenvalue weighted by Crippen LogP contribution is -2.47. The van der Waals surface area contributed by atoms with E-state index in [2.05, 4.69) is 5.32 Å². The number of benzene rings is 2. The van der Waals surface area contributed by atoms with Gasteiger partial charge in [0.25, 0.3) is 0 Å². The van der Waals surface area contributed by atoms with E-state index in [1.54, 1.807) is 22.9 Å². The van der Waals surface area contributed by atoms with Crippen LogP contribution < -0.4 is 15.1 Å². The van der Waals surface area contributed by atoms with E-state index in [0.29, 0.717) is 24.5 Å². The number of nitrogens with one attached hydrogen (secondary N) is 1. The van der Waals surface area contributed by atoms with Gasteiger partial charge in [-0.05, 0) is 36.4 Å². The Morgan fingerprint density at radius 1 is 0.786 bits per heavy atom. The standard InChI is InChI=1S/C19H19F6N3/c1-26-14-5-6-16(19(23,24)25)17(12-14)28-9-7-27(8-10-28)15-4-2-3-13(11-15)18(20,21)22/h2-6,11-12,26H,7-10H2,1H3. The molecular formula is C19H19F6N3. The Labute approximate surface area is 158 Å². The monoisotopic (exact) mass is 403 g/mol. The summed E-state index contributed by atoms with van der Waals surface area (Å²) in [6.07, 6.45) is -8.92. The number of halogens is 6. The van der Waals surface area contributed by atoms with E-state index in [1.165, 1.54) is 18.2 Å². The van der Waals surface area contributed by atoms with Gasteiger partial charge >= 0.3 is 12.4 Å². The van der Waals surface area contributed by atoms with Gasteiger partial charge in [-0.1, -0.05) is 6.07 Å². The molecule has 0 radical (unpaired) electrons.